The van der Waals surface area contributed by atoms with Crippen LogP contribution < -0.4 is 15.4 Å². The molecule has 23 heavy (non-hydrogen) atoms. The van der Waals surface area contributed by atoms with Gasteiger partial charge in [-0.25, -0.2) is 4.79 Å². The van der Waals surface area contributed by atoms with Crippen LogP contribution >= 0.6 is 0 Å². The molecule has 0 bridgehead atoms. The number of furan rings is 1. The first-order chi connectivity index (χ1) is 11.0. The summed E-state index contributed by atoms with van der Waals surface area (Å²) < 4.78 is 11.2. The Morgan fingerprint density at radius 1 is 1.13 bits per heavy atom. The van der Waals surface area contributed by atoms with Crippen LogP contribution in [0.1, 0.15) is 28.2 Å². The van der Waals surface area contributed by atoms with Gasteiger partial charge in [0.1, 0.15) is 23.9 Å². The Morgan fingerprint density at radius 2 is 1.83 bits per heavy atom. The minimum Gasteiger partial charge on any atom is -0.491 e. The number of carbonyl (C=O) groups excluding carboxylic acids is 1. The van der Waals surface area contributed by atoms with Crippen LogP contribution in [0.3, 0.4) is 0 Å². The lowest BCUT2D eigenvalue weighted by atomic mass is 10.1. The number of rotatable bonds is 6. The largest absolute Gasteiger partial charge is 0.491 e. The SMILES string of the molecule is Cc1cc(CNC(=O)NCCOc2c(C)cccc2C)c(C)o1. The minimum atomic E-state index is -0.214. The third-order valence-corrected chi connectivity index (χ3v) is 3.63. The Balaban J connectivity index is 1.70. The van der Waals surface area contributed by atoms with Crippen LogP contribution in [0, 0.1) is 27.7 Å². The summed E-state index contributed by atoms with van der Waals surface area (Å²) in [5.41, 5.74) is 3.19. The monoisotopic (exact) mass is 316 g/mol. The van der Waals surface area contributed by atoms with E-state index in [0.717, 1.165) is 34.0 Å². The van der Waals surface area contributed by atoms with Gasteiger partial charge in [0.15, 0.2) is 0 Å². The smallest absolute Gasteiger partial charge is 0.315 e. The lowest BCUT2D eigenvalue weighted by Crippen LogP contribution is -2.37. The number of carbonyl (C=O) groups is 1. The minimum absolute atomic E-state index is 0.214. The molecule has 2 N–H and O–H groups in total. The van der Waals surface area contributed by atoms with Crippen LogP contribution in [-0.4, -0.2) is 19.2 Å². The van der Waals surface area contributed by atoms with E-state index >= 15 is 0 Å². The zero-order chi connectivity index (χ0) is 16.8. The van der Waals surface area contributed by atoms with Crippen molar-refractivity contribution < 1.29 is 13.9 Å². The van der Waals surface area contributed by atoms with E-state index in [9.17, 15) is 4.79 Å². The first-order valence-corrected chi connectivity index (χ1v) is 7.74. The van der Waals surface area contributed by atoms with Crippen molar-refractivity contribution in [1.82, 2.24) is 10.6 Å². The van der Waals surface area contributed by atoms with Gasteiger partial charge in [-0.3, -0.25) is 0 Å². The van der Waals surface area contributed by atoms with Gasteiger partial charge in [-0.15, -0.1) is 0 Å². The van der Waals surface area contributed by atoms with Crippen molar-refractivity contribution >= 4 is 6.03 Å². The summed E-state index contributed by atoms with van der Waals surface area (Å²) in [7, 11) is 0. The fraction of sp³-hybridized carbons (Fsp3) is 0.389. The highest BCUT2D eigenvalue weighted by atomic mass is 16.5. The molecule has 0 atom stereocenters. The molecule has 2 aromatic rings. The first kappa shape index (κ1) is 16.9. The summed E-state index contributed by atoms with van der Waals surface area (Å²) in [4.78, 5) is 11.8. The van der Waals surface area contributed by atoms with Crippen molar-refractivity contribution in [2.75, 3.05) is 13.2 Å². The van der Waals surface area contributed by atoms with Crippen LogP contribution in [0.5, 0.6) is 5.75 Å². The molecule has 1 heterocycles. The Morgan fingerprint density at radius 3 is 2.43 bits per heavy atom. The summed E-state index contributed by atoms with van der Waals surface area (Å²) in [6.45, 7) is 9.13. The van der Waals surface area contributed by atoms with Gasteiger partial charge < -0.3 is 19.8 Å². The molecule has 0 unspecified atom stereocenters. The molecule has 2 amide bonds. The molecule has 124 valence electrons. The molecular formula is C18H24N2O3. The van der Waals surface area contributed by atoms with Crippen molar-refractivity contribution in [2.45, 2.75) is 34.2 Å². The molecule has 2 rings (SSSR count). The summed E-state index contributed by atoms with van der Waals surface area (Å²) in [6.07, 6.45) is 0. The number of hydrogen-bond acceptors (Lipinski definition) is 3. The Kier molecular flexibility index (Phi) is 5.68. The number of nitrogens with one attached hydrogen (secondary N) is 2. The molecule has 1 aromatic carbocycles. The quantitative estimate of drug-likeness (QED) is 0.803. The summed E-state index contributed by atoms with van der Waals surface area (Å²) in [5.74, 6) is 2.57. The van der Waals surface area contributed by atoms with Crippen molar-refractivity contribution in [3.05, 3.63) is 52.5 Å². The predicted octanol–water partition coefficient (Wildman–Crippen LogP) is 3.39. The molecule has 0 fully saturated rings. The van der Waals surface area contributed by atoms with Gasteiger partial charge in [0, 0.05) is 12.1 Å². The van der Waals surface area contributed by atoms with Gasteiger partial charge in [-0.1, -0.05) is 18.2 Å². The molecule has 5 heteroatoms. The van der Waals surface area contributed by atoms with E-state index in [4.69, 9.17) is 9.15 Å². The predicted molar refractivity (Wildman–Crippen MR) is 89.8 cm³/mol. The second-order valence-corrected chi connectivity index (χ2v) is 5.62. The second-order valence-electron chi connectivity index (χ2n) is 5.62. The van der Waals surface area contributed by atoms with Gasteiger partial charge in [-0.2, -0.15) is 0 Å². The molecule has 0 aliphatic rings. The summed E-state index contributed by atoms with van der Waals surface area (Å²) >= 11 is 0. The van der Waals surface area contributed by atoms with Crippen LogP contribution in [-0.2, 0) is 6.54 Å². The van der Waals surface area contributed by atoms with Gasteiger partial charge in [-0.05, 0) is 44.9 Å². The Hall–Kier alpha value is -2.43. The number of para-hydroxylation sites is 1. The van der Waals surface area contributed by atoms with E-state index in [1.165, 1.54) is 0 Å². The van der Waals surface area contributed by atoms with E-state index in [0.29, 0.717) is 19.7 Å². The van der Waals surface area contributed by atoms with Crippen LogP contribution in [0.25, 0.3) is 0 Å². The van der Waals surface area contributed by atoms with Crippen molar-refractivity contribution in [2.24, 2.45) is 0 Å². The number of benzene rings is 1. The third kappa shape index (κ3) is 4.77. The molecule has 0 radical (unpaired) electrons. The Bertz CT molecular complexity index is 657. The normalized spacial score (nSPS) is 10.4. The zero-order valence-electron chi connectivity index (χ0n) is 14.2. The highest BCUT2D eigenvalue weighted by Crippen LogP contribution is 2.21. The highest BCUT2D eigenvalue weighted by molar-refractivity contribution is 5.73. The Labute approximate surface area is 137 Å². The molecule has 1 aromatic heterocycles. The number of ether oxygens (including phenoxy) is 1. The van der Waals surface area contributed by atoms with Crippen LogP contribution in [0.2, 0.25) is 0 Å². The lowest BCUT2D eigenvalue weighted by Gasteiger charge is -2.12. The molecule has 0 aliphatic carbocycles. The molecule has 5 nitrogen and oxygen atoms in total. The zero-order valence-corrected chi connectivity index (χ0v) is 14.2. The third-order valence-electron chi connectivity index (χ3n) is 3.63. The summed E-state index contributed by atoms with van der Waals surface area (Å²) in [6, 6.07) is 7.74. The maximum Gasteiger partial charge on any atom is 0.315 e. The second kappa shape index (κ2) is 7.72. The number of aryl methyl sites for hydroxylation is 4. The fourth-order valence-corrected chi connectivity index (χ4v) is 2.44. The summed E-state index contributed by atoms with van der Waals surface area (Å²) in [5, 5.41) is 5.59. The van der Waals surface area contributed by atoms with Gasteiger partial charge in [0.05, 0.1) is 6.54 Å². The van der Waals surface area contributed by atoms with Gasteiger partial charge in [0.2, 0.25) is 0 Å². The first-order valence-electron chi connectivity index (χ1n) is 7.74. The van der Waals surface area contributed by atoms with E-state index in [1.807, 2.05) is 52.0 Å². The standard InChI is InChI=1S/C18H24N2O3/c1-12-6-5-7-13(2)17(12)22-9-8-19-18(21)20-11-16-10-14(3)23-15(16)4/h5-7,10H,8-9,11H2,1-4H3,(H2,19,20,21). The average Bonchev–Trinajstić information content (AvgIpc) is 2.81. The van der Waals surface area contributed by atoms with Crippen LogP contribution in [0.4, 0.5) is 4.79 Å². The number of amides is 2. The van der Waals surface area contributed by atoms with Gasteiger partial charge >= 0.3 is 6.03 Å². The fourth-order valence-electron chi connectivity index (χ4n) is 2.44. The number of urea groups is 1. The van der Waals surface area contributed by atoms with Crippen molar-refractivity contribution in [3.8, 4) is 5.75 Å². The van der Waals surface area contributed by atoms with Crippen molar-refractivity contribution in [3.63, 3.8) is 0 Å². The maximum atomic E-state index is 11.8. The average molecular weight is 316 g/mol. The van der Waals surface area contributed by atoms with E-state index in [1.54, 1.807) is 0 Å². The molecular weight excluding hydrogens is 292 g/mol. The molecule has 0 aliphatic heterocycles. The van der Waals surface area contributed by atoms with Crippen molar-refractivity contribution in [1.29, 1.82) is 0 Å². The molecule has 0 saturated heterocycles. The molecule has 0 spiro atoms. The molecule has 0 saturated carbocycles. The highest BCUT2D eigenvalue weighted by Gasteiger charge is 2.07. The number of hydrogen-bond donors (Lipinski definition) is 2. The van der Waals surface area contributed by atoms with Gasteiger partial charge in [0.25, 0.3) is 0 Å². The topological polar surface area (TPSA) is 63.5 Å². The van der Waals surface area contributed by atoms with Crippen LogP contribution in [0.15, 0.2) is 28.7 Å². The van der Waals surface area contributed by atoms with E-state index in [-0.39, 0.29) is 6.03 Å². The van der Waals surface area contributed by atoms with E-state index in [2.05, 4.69) is 10.6 Å². The van der Waals surface area contributed by atoms with E-state index < -0.39 is 0 Å². The lowest BCUT2D eigenvalue weighted by molar-refractivity contribution is 0.236. The maximum absolute atomic E-state index is 11.8.